The highest BCUT2D eigenvalue weighted by molar-refractivity contribution is 14.0. The van der Waals surface area contributed by atoms with Gasteiger partial charge in [-0.3, -0.25) is 4.99 Å². The number of benzene rings is 1. The van der Waals surface area contributed by atoms with Gasteiger partial charge in [-0.15, -0.1) is 24.0 Å². The van der Waals surface area contributed by atoms with Crippen molar-refractivity contribution in [2.75, 3.05) is 19.6 Å². The molecule has 0 aliphatic carbocycles. The summed E-state index contributed by atoms with van der Waals surface area (Å²) in [7, 11) is 0. The second-order valence-corrected chi connectivity index (χ2v) is 6.65. The molecule has 8 heteroatoms. The lowest BCUT2D eigenvalue weighted by atomic mass is 10.0. The van der Waals surface area contributed by atoms with Gasteiger partial charge in [0.1, 0.15) is 0 Å². The van der Waals surface area contributed by atoms with E-state index in [2.05, 4.69) is 40.0 Å². The highest BCUT2D eigenvalue weighted by Crippen LogP contribution is 2.18. The first kappa shape index (κ1) is 25.0. The van der Waals surface area contributed by atoms with Crippen molar-refractivity contribution in [3.8, 4) is 0 Å². The van der Waals surface area contributed by atoms with Crippen LogP contribution in [0.2, 0.25) is 0 Å². The minimum Gasteiger partial charge on any atom is -0.357 e. The number of hydrogen-bond donors (Lipinski definition) is 3. The third-order valence-corrected chi connectivity index (χ3v) is 3.58. The molecule has 150 valence electrons. The van der Waals surface area contributed by atoms with E-state index in [-0.39, 0.29) is 42.1 Å². The molecule has 0 heterocycles. The first-order chi connectivity index (χ1) is 11.6. The molecule has 4 nitrogen and oxygen atoms in total. The average molecular weight is 486 g/mol. The first-order valence-electron chi connectivity index (χ1n) is 8.54. The molecule has 1 rings (SSSR count). The van der Waals surface area contributed by atoms with Crippen LogP contribution in [0.4, 0.5) is 13.2 Å². The van der Waals surface area contributed by atoms with Crippen LogP contribution in [0.3, 0.4) is 0 Å². The van der Waals surface area contributed by atoms with Gasteiger partial charge in [-0.1, -0.05) is 30.3 Å². The van der Waals surface area contributed by atoms with E-state index in [1.54, 1.807) is 0 Å². The quantitative estimate of drug-likeness (QED) is 0.293. The minimum atomic E-state index is -4.17. The molecular weight excluding hydrogens is 456 g/mol. The zero-order valence-corrected chi connectivity index (χ0v) is 18.1. The number of aliphatic imine (C=N–C) groups is 1. The number of hydrogen-bond acceptors (Lipinski definition) is 2. The lowest BCUT2D eigenvalue weighted by Crippen LogP contribution is -2.45. The maximum Gasteiger partial charge on any atom is 0.390 e. The fourth-order valence-corrected chi connectivity index (χ4v) is 2.40. The molecule has 1 unspecified atom stereocenters. The van der Waals surface area contributed by atoms with Gasteiger partial charge in [0.15, 0.2) is 5.96 Å². The molecule has 0 aliphatic rings. The summed E-state index contributed by atoms with van der Waals surface area (Å²) in [5.74, 6) is 0.397. The van der Waals surface area contributed by atoms with E-state index < -0.39 is 12.6 Å². The molecule has 0 saturated carbocycles. The number of nitrogens with one attached hydrogen (secondary N) is 3. The van der Waals surface area contributed by atoms with Crippen LogP contribution >= 0.6 is 24.0 Å². The van der Waals surface area contributed by atoms with Crippen molar-refractivity contribution < 1.29 is 13.2 Å². The van der Waals surface area contributed by atoms with Crippen molar-refractivity contribution >= 4 is 29.9 Å². The number of guanidine groups is 1. The van der Waals surface area contributed by atoms with E-state index in [1.165, 1.54) is 5.56 Å². The van der Waals surface area contributed by atoms with E-state index in [0.29, 0.717) is 19.0 Å². The number of rotatable bonds is 8. The summed E-state index contributed by atoms with van der Waals surface area (Å²) in [6.07, 6.45) is -5.06. The predicted molar refractivity (Wildman–Crippen MR) is 112 cm³/mol. The van der Waals surface area contributed by atoms with Gasteiger partial charge in [-0.05, 0) is 33.3 Å². The van der Waals surface area contributed by atoms with Crippen molar-refractivity contribution in [2.24, 2.45) is 4.99 Å². The molecule has 0 radical (unpaired) electrons. The van der Waals surface area contributed by atoms with Gasteiger partial charge in [0.25, 0.3) is 0 Å². The van der Waals surface area contributed by atoms with Gasteiger partial charge in [-0.25, -0.2) is 0 Å². The topological polar surface area (TPSA) is 48.5 Å². The maximum atomic E-state index is 12.3. The fraction of sp³-hybridized carbons (Fsp3) is 0.611. The van der Waals surface area contributed by atoms with E-state index in [4.69, 9.17) is 0 Å². The number of nitrogens with zero attached hydrogens (tertiary/aromatic N) is 1. The van der Waals surface area contributed by atoms with Crippen LogP contribution in [0.5, 0.6) is 0 Å². The Bertz CT molecular complexity index is 533. The Hall–Kier alpha value is -1.03. The standard InChI is InChI=1S/C18H29F3N4.HI/c1-5-22-16(23-12-11-18(19,20)21)24-13-17(3,4)25-14(2)15-9-7-6-8-10-15;/h6-10,14,25H,5,11-13H2,1-4H3,(H2,22,23,24);1H. The molecule has 1 atom stereocenters. The van der Waals surface area contributed by atoms with E-state index in [9.17, 15) is 13.2 Å². The van der Waals surface area contributed by atoms with E-state index >= 15 is 0 Å². The van der Waals surface area contributed by atoms with Crippen LogP contribution in [0.25, 0.3) is 0 Å². The predicted octanol–water partition coefficient (Wildman–Crippen LogP) is 4.24. The Morgan fingerprint density at radius 1 is 1.12 bits per heavy atom. The molecule has 1 aromatic rings. The van der Waals surface area contributed by atoms with Crippen molar-refractivity contribution in [3.05, 3.63) is 35.9 Å². The molecule has 0 saturated heterocycles. The van der Waals surface area contributed by atoms with E-state index in [0.717, 1.165) is 0 Å². The fourth-order valence-electron chi connectivity index (χ4n) is 2.40. The first-order valence-corrected chi connectivity index (χ1v) is 8.54. The number of halogens is 4. The van der Waals surface area contributed by atoms with Crippen molar-refractivity contribution in [3.63, 3.8) is 0 Å². The molecule has 0 spiro atoms. The second-order valence-electron chi connectivity index (χ2n) is 6.65. The summed E-state index contributed by atoms with van der Waals surface area (Å²) in [5.41, 5.74) is 0.872. The van der Waals surface area contributed by atoms with E-state index in [1.807, 2.05) is 39.0 Å². The van der Waals surface area contributed by atoms with Gasteiger partial charge in [0.2, 0.25) is 0 Å². The molecule has 0 aliphatic heterocycles. The zero-order valence-electron chi connectivity index (χ0n) is 15.8. The van der Waals surface area contributed by atoms with Gasteiger partial charge < -0.3 is 16.0 Å². The average Bonchev–Trinajstić information content (AvgIpc) is 2.52. The smallest absolute Gasteiger partial charge is 0.357 e. The third-order valence-electron chi connectivity index (χ3n) is 3.58. The normalized spacial score (nSPS) is 13.7. The monoisotopic (exact) mass is 486 g/mol. The lowest BCUT2D eigenvalue weighted by Gasteiger charge is -2.29. The summed E-state index contributed by atoms with van der Waals surface area (Å²) in [4.78, 5) is 4.42. The molecular formula is C18H30F3IN4. The summed E-state index contributed by atoms with van der Waals surface area (Å²) >= 11 is 0. The van der Waals surface area contributed by atoms with Crippen LogP contribution in [-0.4, -0.2) is 37.3 Å². The molecule has 26 heavy (non-hydrogen) atoms. The highest BCUT2D eigenvalue weighted by Gasteiger charge is 2.26. The van der Waals surface area contributed by atoms with Crippen LogP contribution in [0, 0.1) is 0 Å². The van der Waals surface area contributed by atoms with Crippen molar-refractivity contribution in [1.82, 2.24) is 16.0 Å². The molecule has 0 bridgehead atoms. The Labute approximate surface area is 171 Å². The van der Waals surface area contributed by atoms with Crippen LogP contribution < -0.4 is 16.0 Å². The van der Waals surface area contributed by atoms with Crippen LogP contribution in [-0.2, 0) is 0 Å². The Morgan fingerprint density at radius 2 is 1.73 bits per heavy atom. The zero-order chi connectivity index (χ0) is 18.9. The molecule has 0 amide bonds. The van der Waals surface area contributed by atoms with Gasteiger partial charge in [0.05, 0.1) is 13.0 Å². The molecule has 1 aromatic carbocycles. The van der Waals surface area contributed by atoms with Gasteiger partial charge >= 0.3 is 6.18 Å². The van der Waals surface area contributed by atoms with Crippen molar-refractivity contribution in [2.45, 2.75) is 51.9 Å². The van der Waals surface area contributed by atoms with Crippen molar-refractivity contribution in [1.29, 1.82) is 0 Å². The molecule has 0 aromatic heterocycles. The Balaban J connectivity index is 0.00000625. The summed E-state index contributed by atoms with van der Waals surface area (Å²) < 4.78 is 36.8. The molecule has 0 fully saturated rings. The maximum absolute atomic E-state index is 12.3. The van der Waals surface area contributed by atoms with Gasteiger partial charge in [0, 0.05) is 24.7 Å². The SMILES string of the molecule is CCNC(=NCC(C)(C)NC(C)c1ccccc1)NCCC(F)(F)F.I. The Kier molecular flexibility index (Phi) is 11.2. The lowest BCUT2D eigenvalue weighted by molar-refractivity contribution is -0.132. The van der Waals surface area contributed by atoms with Crippen LogP contribution in [0.15, 0.2) is 35.3 Å². The molecule has 3 N–H and O–H groups in total. The number of alkyl halides is 3. The minimum absolute atomic E-state index is 0. The highest BCUT2D eigenvalue weighted by atomic mass is 127. The Morgan fingerprint density at radius 3 is 2.27 bits per heavy atom. The third kappa shape index (κ3) is 10.8. The van der Waals surface area contributed by atoms with Gasteiger partial charge in [-0.2, -0.15) is 13.2 Å². The summed E-state index contributed by atoms with van der Waals surface area (Å²) in [5, 5.41) is 9.20. The summed E-state index contributed by atoms with van der Waals surface area (Å²) in [6, 6.07) is 10.2. The largest absolute Gasteiger partial charge is 0.390 e. The summed E-state index contributed by atoms with van der Waals surface area (Å²) in [6.45, 7) is 8.83. The van der Waals surface area contributed by atoms with Crippen LogP contribution in [0.1, 0.15) is 45.7 Å². The second kappa shape index (κ2) is 11.6.